The molecule has 1 aromatic heterocycles. The van der Waals surface area contributed by atoms with Crippen LogP contribution in [-0.4, -0.2) is 59.5 Å². The topological polar surface area (TPSA) is 75.5 Å². The van der Waals surface area contributed by atoms with Crippen molar-refractivity contribution in [3.05, 3.63) is 46.3 Å². The molecule has 2 aromatic rings. The number of benzene rings is 1. The molecule has 0 unspecified atom stereocenters. The molecule has 7 nitrogen and oxygen atoms in total. The molecule has 8 heteroatoms. The third kappa shape index (κ3) is 5.23. The van der Waals surface area contributed by atoms with E-state index in [4.69, 9.17) is 0 Å². The van der Waals surface area contributed by atoms with E-state index < -0.39 is 10.0 Å². The van der Waals surface area contributed by atoms with Gasteiger partial charge < -0.3 is 4.90 Å². The molecule has 3 rings (SSSR count). The fraction of sp³-hybridized carbons (Fsp3) is 0.583. The van der Waals surface area contributed by atoms with Crippen LogP contribution in [0.4, 0.5) is 0 Å². The van der Waals surface area contributed by atoms with Crippen molar-refractivity contribution in [1.82, 2.24) is 19.0 Å². The number of amides is 1. The molecule has 0 radical (unpaired) electrons. The zero-order valence-corrected chi connectivity index (χ0v) is 21.0. The van der Waals surface area contributed by atoms with Crippen LogP contribution in [0.3, 0.4) is 0 Å². The molecule has 2 heterocycles. The van der Waals surface area contributed by atoms with Gasteiger partial charge in [0.25, 0.3) is 0 Å². The third-order valence-corrected chi connectivity index (χ3v) is 8.26. The van der Waals surface area contributed by atoms with Crippen molar-refractivity contribution in [2.24, 2.45) is 5.92 Å². The van der Waals surface area contributed by atoms with Gasteiger partial charge in [-0.2, -0.15) is 9.40 Å². The number of carbonyl (C=O) groups excluding carboxylic acids is 1. The van der Waals surface area contributed by atoms with Crippen molar-refractivity contribution in [1.29, 1.82) is 0 Å². The summed E-state index contributed by atoms with van der Waals surface area (Å²) in [7, 11) is -3.55. The Morgan fingerprint density at radius 2 is 1.72 bits per heavy atom. The molecule has 0 aliphatic carbocycles. The van der Waals surface area contributed by atoms with Gasteiger partial charge in [-0.1, -0.05) is 31.5 Å². The lowest BCUT2D eigenvalue weighted by molar-refractivity contribution is -0.132. The Morgan fingerprint density at radius 1 is 1.06 bits per heavy atom. The maximum atomic E-state index is 13.1. The maximum Gasteiger partial charge on any atom is 0.243 e. The van der Waals surface area contributed by atoms with Crippen molar-refractivity contribution in [2.45, 2.75) is 65.8 Å². The van der Waals surface area contributed by atoms with Crippen molar-refractivity contribution in [2.75, 3.05) is 26.2 Å². The van der Waals surface area contributed by atoms with E-state index in [9.17, 15) is 13.2 Å². The largest absolute Gasteiger partial charge is 0.340 e. The average molecular weight is 461 g/mol. The van der Waals surface area contributed by atoms with E-state index in [0.717, 1.165) is 34.6 Å². The highest BCUT2D eigenvalue weighted by atomic mass is 32.2. The smallest absolute Gasteiger partial charge is 0.243 e. The van der Waals surface area contributed by atoms with E-state index in [1.54, 1.807) is 11.0 Å². The molecular formula is C24H36N4O3S. The fourth-order valence-corrected chi connectivity index (χ4v) is 6.04. The van der Waals surface area contributed by atoms with Crippen molar-refractivity contribution in [3.8, 4) is 0 Å². The Morgan fingerprint density at radius 3 is 2.31 bits per heavy atom. The van der Waals surface area contributed by atoms with Gasteiger partial charge in [-0.15, -0.1) is 0 Å². The second-order valence-electron chi connectivity index (χ2n) is 9.28. The number of sulfonamides is 1. The Labute approximate surface area is 192 Å². The first-order valence-electron chi connectivity index (χ1n) is 11.4. The summed E-state index contributed by atoms with van der Waals surface area (Å²) in [6.45, 7) is 14.5. The maximum absolute atomic E-state index is 13.1. The van der Waals surface area contributed by atoms with Crippen LogP contribution in [0.15, 0.2) is 23.1 Å². The van der Waals surface area contributed by atoms with Crippen molar-refractivity contribution in [3.63, 3.8) is 0 Å². The summed E-state index contributed by atoms with van der Waals surface area (Å²) in [5.74, 6) is 0.586. The van der Waals surface area contributed by atoms with E-state index in [1.807, 2.05) is 37.6 Å². The molecule has 0 bridgehead atoms. The lowest BCUT2D eigenvalue weighted by Crippen LogP contribution is -2.50. The van der Waals surface area contributed by atoms with E-state index in [0.29, 0.717) is 49.8 Å². The molecule has 0 atom stereocenters. The predicted octanol–water partition coefficient (Wildman–Crippen LogP) is 3.24. The van der Waals surface area contributed by atoms with Crippen LogP contribution in [-0.2, 0) is 27.8 Å². The molecular weight excluding hydrogens is 424 g/mol. The minimum absolute atomic E-state index is 0.0731. The van der Waals surface area contributed by atoms with Gasteiger partial charge in [-0.3, -0.25) is 9.48 Å². The zero-order valence-electron chi connectivity index (χ0n) is 20.2. The van der Waals surface area contributed by atoms with Gasteiger partial charge in [0, 0.05) is 44.8 Å². The predicted molar refractivity (Wildman–Crippen MR) is 126 cm³/mol. The summed E-state index contributed by atoms with van der Waals surface area (Å²) < 4.78 is 29.7. The number of hydrogen-bond donors (Lipinski definition) is 0. The number of aromatic nitrogens is 2. The second kappa shape index (κ2) is 9.75. The molecule has 1 fully saturated rings. The zero-order chi connectivity index (χ0) is 23.6. The highest BCUT2D eigenvalue weighted by molar-refractivity contribution is 7.89. The Hall–Kier alpha value is -2.19. The summed E-state index contributed by atoms with van der Waals surface area (Å²) in [4.78, 5) is 15.0. The van der Waals surface area contributed by atoms with Crippen LogP contribution >= 0.6 is 0 Å². The standard InChI is InChI=1S/C24H36N4O3S/c1-17(2)16-28-21(6)22(20(5)25-28)8-10-24(29)26-11-13-27(14-12-26)32(30,31)23-9-7-18(3)15-19(23)4/h7,9,15,17H,8,10-14,16H2,1-6H3. The SMILES string of the molecule is Cc1ccc(S(=O)(=O)N2CCN(C(=O)CCc3c(C)nn(CC(C)C)c3C)CC2)c(C)c1. The summed E-state index contributed by atoms with van der Waals surface area (Å²) >= 11 is 0. The quantitative estimate of drug-likeness (QED) is 0.636. The molecule has 1 saturated heterocycles. The summed E-state index contributed by atoms with van der Waals surface area (Å²) in [5.41, 5.74) is 5.06. The molecule has 32 heavy (non-hydrogen) atoms. The van der Waals surface area contributed by atoms with Crippen LogP contribution < -0.4 is 0 Å². The van der Waals surface area contributed by atoms with Crippen LogP contribution in [0.5, 0.6) is 0 Å². The molecule has 0 saturated carbocycles. The number of aryl methyl sites for hydroxylation is 3. The van der Waals surface area contributed by atoms with E-state index in [1.165, 1.54) is 4.31 Å². The van der Waals surface area contributed by atoms with Crippen LogP contribution in [0.25, 0.3) is 0 Å². The number of hydrogen-bond acceptors (Lipinski definition) is 4. The minimum atomic E-state index is -3.55. The van der Waals surface area contributed by atoms with Gasteiger partial charge in [0.1, 0.15) is 0 Å². The first-order valence-corrected chi connectivity index (χ1v) is 12.8. The molecule has 0 N–H and O–H groups in total. The lowest BCUT2D eigenvalue weighted by atomic mass is 10.1. The molecule has 1 aromatic carbocycles. The van der Waals surface area contributed by atoms with Gasteiger partial charge in [0.05, 0.1) is 10.6 Å². The molecule has 1 aliphatic rings. The first-order chi connectivity index (χ1) is 15.0. The lowest BCUT2D eigenvalue weighted by Gasteiger charge is -2.34. The van der Waals surface area contributed by atoms with E-state index >= 15 is 0 Å². The van der Waals surface area contributed by atoms with Crippen LogP contribution in [0.2, 0.25) is 0 Å². The number of rotatable bonds is 7. The molecule has 1 aliphatic heterocycles. The summed E-state index contributed by atoms with van der Waals surface area (Å²) in [6.07, 6.45) is 1.08. The highest BCUT2D eigenvalue weighted by Gasteiger charge is 2.31. The number of nitrogens with zero attached hydrogens (tertiary/aromatic N) is 4. The number of piperazine rings is 1. The van der Waals surface area contributed by atoms with E-state index in [-0.39, 0.29) is 5.91 Å². The molecule has 1 amide bonds. The normalized spacial score (nSPS) is 15.5. The second-order valence-corrected chi connectivity index (χ2v) is 11.2. The van der Waals surface area contributed by atoms with E-state index in [2.05, 4.69) is 25.9 Å². The minimum Gasteiger partial charge on any atom is -0.340 e. The van der Waals surface area contributed by atoms with Crippen LogP contribution in [0, 0.1) is 33.6 Å². The summed E-state index contributed by atoms with van der Waals surface area (Å²) in [5, 5.41) is 4.64. The van der Waals surface area contributed by atoms with Gasteiger partial charge in [-0.05, 0) is 57.2 Å². The first kappa shape index (κ1) is 24.5. The van der Waals surface area contributed by atoms with Crippen molar-refractivity contribution < 1.29 is 13.2 Å². The highest BCUT2D eigenvalue weighted by Crippen LogP contribution is 2.23. The fourth-order valence-electron chi connectivity index (χ4n) is 4.42. The van der Waals surface area contributed by atoms with Crippen LogP contribution in [0.1, 0.15) is 48.3 Å². The molecule has 176 valence electrons. The molecule has 0 spiro atoms. The summed E-state index contributed by atoms with van der Waals surface area (Å²) in [6, 6.07) is 5.40. The van der Waals surface area contributed by atoms with Gasteiger partial charge in [0.2, 0.25) is 15.9 Å². The Bertz CT molecular complexity index is 1080. The Balaban J connectivity index is 1.59. The van der Waals surface area contributed by atoms with Gasteiger partial charge in [-0.25, -0.2) is 8.42 Å². The Kier molecular flexibility index (Phi) is 7.45. The monoisotopic (exact) mass is 460 g/mol. The average Bonchev–Trinajstić information content (AvgIpc) is 2.98. The van der Waals surface area contributed by atoms with Crippen molar-refractivity contribution >= 4 is 15.9 Å². The van der Waals surface area contributed by atoms with Gasteiger partial charge in [0.15, 0.2) is 0 Å². The van der Waals surface area contributed by atoms with Gasteiger partial charge >= 0.3 is 0 Å². The third-order valence-electron chi connectivity index (χ3n) is 6.20. The number of carbonyl (C=O) groups is 1.